The van der Waals surface area contributed by atoms with Crippen LogP contribution in [0.1, 0.15) is 6.42 Å². The molecule has 5 rings (SSSR count). The van der Waals surface area contributed by atoms with E-state index in [4.69, 9.17) is 4.98 Å². The number of fused-ring (bicyclic) bond motifs is 1. The molecule has 1 aliphatic heterocycles. The van der Waals surface area contributed by atoms with Gasteiger partial charge in [-0.3, -0.25) is 0 Å². The average Bonchev–Trinajstić information content (AvgIpc) is 2.82. The summed E-state index contributed by atoms with van der Waals surface area (Å²) < 4.78 is 14.3. The van der Waals surface area contributed by atoms with Crippen LogP contribution in [0, 0.1) is 0 Å². The number of anilines is 3. The summed E-state index contributed by atoms with van der Waals surface area (Å²) in [7, 11) is 1.96. The van der Waals surface area contributed by atoms with Gasteiger partial charge in [-0.25, -0.2) is 14.4 Å². The summed E-state index contributed by atoms with van der Waals surface area (Å²) >= 11 is 0. The molecule has 0 radical (unpaired) electrons. The molecule has 4 aromatic rings. The van der Waals surface area contributed by atoms with Crippen LogP contribution in [0.4, 0.5) is 21.7 Å². The van der Waals surface area contributed by atoms with Crippen LogP contribution in [0.3, 0.4) is 0 Å². The number of alkyl halides is 1. The van der Waals surface area contributed by atoms with Crippen molar-refractivity contribution in [2.24, 2.45) is 0 Å². The summed E-state index contributed by atoms with van der Waals surface area (Å²) in [6.45, 7) is 1.38. The molecule has 6 heteroatoms. The maximum Gasteiger partial charge on any atom is 0.227 e. The average molecular weight is 428 g/mol. The summed E-state index contributed by atoms with van der Waals surface area (Å²) in [6, 6.07) is 24.1. The van der Waals surface area contributed by atoms with Gasteiger partial charge in [-0.1, -0.05) is 48.5 Å². The van der Waals surface area contributed by atoms with Crippen molar-refractivity contribution in [3.05, 3.63) is 79.0 Å². The second kappa shape index (κ2) is 8.93. The molecule has 162 valence electrons. The molecule has 1 aliphatic rings. The van der Waals surface area contributed by atoms with Crippen molar-refractivity contribution in [1.82, 2.24) is 14.9 Å². The molecule has 2 heterocycles. The van der Waals surface area contributed by atoms with E-state index in [-0.39, 0.29) is 6.04 Å². The standard InChI is InChI=1S/C26H26FN5/c1-32-15-14-24(23(27)17-32)29-20-10-12-21(13-11-20)30-26-28-16-19-8-5-9-22(25(19)31-26)18-6-3-2-4-7-18/h2-13,16,23-24,29H,14-15,17H2,1H3,(H,28,30,31)/t23-,24-/m1/s1. The first kappa shape index (κ1) is 20.4. The van der Waals surface area contributed by atoms with Crippen LogP contribution in [0.15, 0.2) is 79.0 Å². The number of benzene rings is 3. The van der Waals surface area contributed by atoms with E-state index in [2.05, 4.69) is 33.8 Å². The normalized spacial score (nSPS) is 19.1. The summed E-state index contributed by atoms with van der Waals surface area (Å²) in [5.41, 5.74) is 4.90. The SMILES string of the molecule is CN1CC[C@@H](Nc2ccc(Nc3ncc4cccc(-c5ccccc5)c4n3)cc2)[C@H](F)C1. The van der Waals surface area contributed by atoms with E-state index in [1.807, 2.05) is 72.7 Å². The minimum Gasteiger partial charge on any atom is -0.379 e. The Hall–Kier alpha value is -3.51. The molecule has 0 aliphatic carbocycles. The van der Waals surface area contributed by atoms with Crippen LogP contribution in [-0.4, -0.2) is 47.2 Å². The third-order valence-electron chi connectivity index (χ3n) is 5.93. The van der Waals surface area contributed by atoms with E-state index >= 15 is 0 Å². The van der Waals surface area contributed by atoms with Crippen molar-refractivity contribution in [1.29, 1.82) is 0 Å². The van der Waals surface area contributed by atoms with E-state index in [9.17, 15) is 4.39 Å². The molecule has 5 nitrogen and oxygen atoms in total. The van der Waals surface area contributed by atoms with Crippen molar-refractivity contribution >= 4 is 28.2 Å². The number of nitrogens with zero attached hydrogens (tertiary/aromatic N) is 3. The molecular weight excluding hydrogens is 401 g/mol. The van der Waals surface area contributed by atoms with Crippen LogP contribution in [0.2, 0.25) is 0 Å². The Bertz CT molecular complexity index is 1200. The minimum absolute atomic E-state index is 0.148. The predicted molar refractivity (Wildman–Crippen MR) is 129 cm³/mol. The van der Waals surface area contributed by atoms with Crippen LogP contribution < -0.4 is 10.6 Å². The molecule has 0 unspecified atom stereocenters. The molecule has 0 saturated carbocycles. The van der Waals surface area contributed by atoms with Gasteiger partial charge in [0, 0.05) is 41.6 Å². The number of halogens is 1. The van der Waals surface area contributed by atoms with Gasteiger partial charge in [0.1, 0.15) is 6.17 Å². The molecule has 2 atom stereocenters. The van der Waals surface area contributed by atoms with Crippen molar-refractivity contribution in [2.75, 3.05) is 30.8 Å². The molecule has 3 aromatic carbocycles. The number of hydrogen-bond donors (Lipinski definition) is 2. The lowest BCUT2D eigenvalue weighted by molar-refractivity contribution is 0.149. The first-order valence-electron chi connectivity index (χ1n) is 10.9. The molecular formula is C26H26FN5. The zero-order valence-corrected chi connectivity index (χ0v) is 18.0. The van der Waals surface area contributed by atoms with E-state index < -0.39 is 6.17 Å². The molecule has 1 saturated heterocycles. The largest absolute Gasteiger partial charge is 0.379 e. The van der Waals surface area contributed by atoms with Crippen LogP contribution in [0.25, 0.3) is 22.0 Å². The lowest BCUT2D eigenvalue weighted by Gasteiger charge is -2.33. The third kappa shape index (κ3) is 4.41. The quantitative estimate of drug-likeness (QED) is 0.441. The van der Waals surface area contributed by atoms with Crippen molar-refractivity contribution in [3.8, 4) is 11.1 Å². The molecule has 32 heavy (non-hydrogen) atoms. The fraction of sp³-hybridized carbons (Fsp3) is 0.231. The van der Waals surface area contributed by atoms with Gasteiger partial charge in [0.2, 0.25) is 5.95 Å². The number of hydrogen-bond acceptors (Lipinski definition) is 5. The highest BCUT2D eigenvalue weighted by Gasteiger charge is 2.27. The molecule has 1 fully saturated rings. The van der Waals surface area contributed by atoms with Gasteiger partial charge in [0.15, 0.2) is 0 Å². The Labute approximate surface area is 187 Å². The third-order valence-corrected chi connectivity index (χ3v) is 5.93. The number of para-hydroxylation sites is 1. The topological polar surface area (TPSA) is 53.1 Å². The molecule has 1 aromatic heterocycles. The van der Waals surface area contributed by atoms with Gasteiger partial charge in [-0.05, 0) is 43.3 Å². The number of likely N-dealkylation sites (tertiary alicyclic amines) is 1. The summed E-state index contributed by atoms with van der Waals surface area (Å²) in [4.78, 5) is 11.3. The first-order valence-corrected chi connectivity index (χ1v) is 10.9. The highest BCUT2D eigenvalue weighted by atomic mass is 19.1. The Morgan fingerprint density at radius 2 is 1.72 bits per heavy atom. The van der Waals surface area contributed by atoms with Crippen molar-refractivity contribution < 1.29 is 4.39 Å². The van der Waals surface area contributed by atoms with Gasteiger partial charge < -0.3 is 15.5 Å². The number of rotatable bonds is 5. The maximum atomic E-state index is 14.3. The Morgan fingerprint density at radius 3 is 2.50 bits per heavy atom. The van der Waals surface area contributed by atoms with E-state index in [1.165, 1.54) is 0 Å². The van der Waals surface area contributed by atoms with Crippen LogP contribution in [-0.2, 0) is 0 Å². The Kier molecular flexibility index (Phi) is 5.69. The summed E-state index contributed by atoms with van der Waals surface area (Å²) in [5.74, 6) is 0.542. The molecule has 0 spiro atoms. The van der Waals surface area contributed by atoms with E-state index in [1.54, 1.807) is 0 Å². The van der Waals surface area contributed by atoms with Gasteiger partial charge in [0.05, 0.1) is 11.6 Å². The highest BCUT2D eigenvalue weighted by Crippen LogP contribution is 2.28. The zero-order chi connectivity index (χ0) is 21.9. The zero-order valence-electron chi connectivity index (χ0n) is 18.0. The second-order valence-electron chi connectivity index (χ2n) is 8.32. The van der Waals surface area contributed by atoms with Gasteiger partial charge >= 0.3 is 0 Å². The highest BCUT2D eigenvalue weighted by molar-refractivity contribution is 5.93. The lowest BCUT2D eigenvalue weighted by atomic mass is 10.0. The Morgan fingerprint density at radius 1 is 0.938 bits per heavy atom. The van der Waals surface area contributed by atoms with Crippen LogP contribution in [0.5, 0.6) is 0 Å². The smallest absolute Gasteiger partial charge is 0.227 e. The van der Waals surface area contributed by atoms with Gasteiger partial charge in [-0.15, -0.1) is 0 Å². The lowest BCUT2D eigenvalue weighted by Crippen LogP contribution is -2.46. The fourth-order valence-corrected chi connectivity index (χ4v) is 4.18. The summed E-state index contributed by atoms with van der Waals surface area (Å²) in [6.07, 6.45) is 1.78. The second-order valence-corrected chi connectivity index (χ2v) is 8.32. The van der Waals surface area contributed by atoms with Crippen molar-refractivity contribution in [3.63, 3.8) is 0 Å². The van der Waals surface area contributed by atoms with Gasteiger partial charge in [0.25, 0.3) is 0 Å². The first-order chi connectivity index (χ1) is 15.7. The molecule has 0 bridgehead atoms. The fourth-order valence-electron chi connectivity index (χ4n) is 4.18. The number of aromatic nitrogens is 2. The molecule has 0 amide bonds. The monoisotopic (exact) mass is 427 g/mol. The van der Waals surface area contributed by atoms with E-state index in [0.29, 0.717) is 12.5 Å². The maximum absolute atomic E-state index is 14.3. The molecule has 2 N–H and O–H groups in total. The Balaban J connectivity index is 1.33. The van der Waals surface area contributed by atoms with Crippen LogP contribution >= 0.6 is 0 Å². The number of nitrogens with one attached hydrogen (secondary N) is 2. The minimum atomic E-state index is -0.864. The van der Waals surface area contributed by atoms with Crippen molar-refractivity contribution in [2.45, 2.75) is 18.6 Å². The van der Waals surface area contributed by atoms with E-state index in [0.717, 1.165) is 46.4 Å². The van der Waals surface area contributed by atoms with Gasteiger partial charge in [-0.2, -0.15) is 0 Å². The summed E-state index contributed by atoms with van der Waals surface area (Å²) in [5, 5.41) is 7.62. The number of piperidine rings is 1. The predicted octanol–water partition coefficient (Wildman–Crippen LogP) is 5.49.